The molecule has 148 valence electrons. The highest BCUT2D eigenvalue weighted by molar-refractivity contribution is 6.44. The van der Waals surface area contributed by atoms with Crippen molar-refractivity contribution in [2.75, 3.05) is 0 Å². The summed E-state index contributed by atoms with van der Waals surface area (Å²) in [6.45, 7) is 0. The molecule has 0 amide bonds. The van der Waals surface area contributed by atoms with Crippen LogP contribution in [0.15, 0.2) is 12.4 Å². The van der Waals surface area contributed by atoms with Crippen molar-refractivity contribution >= 4 is 70.3 Å². The van der Waals surface area contributed by atoms with E-state index < -0.39 is 46.4 Å². The van der Waals surface area contributed by atoms with Gasteiger partial charge >= 0.3 is 23.9 Å². The first kappa shape index (κ1) is 23.4. The molecule has 0 aliphatic rings. The van der Waals surface area contributed by atoms with E-state index >= 15 is 0 Å². The van der Waals surface area contributed by atoms with Crippen LogP contribution in [0, 0.1) is 0 Å². The molecule has 0 aliphatic carbocycles. The van der Waals surface area contributed by atoms with Crippen LogP contribution in [0.5, 0.6) is 0 Å². The van der Waals surface area contributed by atoms with Gasteiger partial charge in [-0.05, 0) is 0 Å². The molecule has 0 aliphatic heterocycles. The molecule has 0 saturated heterocycles. The molecular weight excluding hydrogens is 466 g/mol. The molecular formula is C14H6Cl4N2O8. The summed E-state index contributed by atoms with van der Waals surface area (Å²) in [4.78, 5) is 49.2. The van der Waals surface area contributed by atoms with Crippen LogP contribution in [0.1, 0.15) is 41.7 Å². The van der Waals surface area contributed by atoms with Crippen LogP contribution in [0.4, 0.5) is 0 Å². The van der Waals surface area contributed by atoms with E-state index in [1.54, 1.807) is 0 Å². The summed E-state index contributed by atoms with van der Waals surface area (Å²) in [6.07, 6.45) is 1.97. The normalized spacial score (nSPS) is 9.86. The van der Waals surface area contributed by atoms with Crippen LogP contribution in [0.25, 0.3) is 0 Å². The minimum absolute atomic E-state index is 0.103. The van der Waals surface area contributed by atoms with Gasteiger partial charge in [0.1, 0.15) is 11.1 Å². The van der Waals surface area contributed by atoms with Crippen molar-refractivity contribution in [3.05, 3.63) is 55.0 Å². The van der Waals surface area contributed by atoms with Crippen LogP contribution in [-0.4, -0.2) is 54.3 Å². The lowest BCUT2D eigenvalue weighted by atomic mass is 10.2. The fourth-order valence-corrected chi connectivity index (χ4v) is 2.37. The van der Waals surface area contributed by atoms with Gasteiger partial charge in [0, 0.05) is 12.4 Å². The lowest BCUT2D eigenvalue weighted by Crippen LogP contribution is -2.11. The van der Waals surface area contributed by atoms with Gasteiger partial charge in [-0.2, -0.15) is 0 Å². The highest BCUT2D eigenvalue weighted by Gasteiger charge is 2.23. The predicted octanol–water partition coefficient (Wildman–Crippen LogP) is 3.57. The van der Waals surface area contributed by atoms with Crippen LogP contribution in [-0.2, 0) is 0 Å². The summed E-state index contributed by atoms with van der Waals surface area (Å²) in [5, 5.41) is 33.7. The van der Waals surface area contributed by atoms with Crippen LogP contribution in [0.2, 0.25) is 20.1 Å². The first-order chi connectivity index (χ1) is 12.9. The largest absolute Gasteiger partial charge is 0.478 e. The number of rotatable bonds is 4. The van der Waals surface area contributed by atoms with Gasteiger partial charge < -0.3 is 20.4 Å². The zero-order valence-corrected chi connectivity index (χ0v) is 16.0. The van der Waals surface area contributed by atoms with Gasteiger partial charge in [0.05, 0.1) is 20.1 Å². The molecule has 0 spiro atoms. The first-order valence-electron chi connectivity index (χ1n) is 6.51. The number of halogens is 4. The van der Waals surface area contributed by atoms with Crippen LogP contribution < -0.4 is 0 Å². The van der Waals surface area contributed by atoms with Crippen molar-refractivity contribution in [3.63, 3.8) is 0 Å². The van der Waals surface area contributed by atoms with Crippen molar-refractivity contribution in [2.24, 2.45) is 0 Å². The molecule has 2 rings (SSSR count). The summed E-state index contributed by atoms with van der Waals surface area (Å²) in [5.74, 6) is -5.91. The van der Waals surface area contributed by atoms with Crippen molar-refractivity contribution in [1.29, 1.82) is 0 Å². The number of carbonyl (C=O) groups is 4. The van der Waals surface area contributed by atoms with E-state index in [0.717, 1.165) is 12.4 Å². The number of carboxylic acids is 4. The van der Waals surface area contributed by atoms with E-state index in [2.05, 4.69) is 9.97 Å². The Bertz CT molecular complexity index is 916. The van der Waals surface area contributed by atoms with Gasteiger partial charge in [0.2, 0.25) is 0 Å². The molecule has 2 aromatic rings. The maximum Gasteiger partial charge on any atom is 0.355 e. The topological polar surface area (TPSA) is 175 Å². The maximum absolute atomic E-state index is 10.7. The Morgan fingerprint density at radius 2 is 0.893 bits per heavy atom. The van der Waals surface area contributed by atoms with Gasteiger partial charge in [0.25, 0.3) is 0 Å². The molecule has 4 N–H and O–H groups in total. The molecule has 0 unspecified atom stereocenters. The van der Waals surface area contributed by atoms with Gasteiger partial charge in [-0.15, -0.1) is 0 Å². The Morgan fingerprint density at radius 1 is 0.607 bits per heavy atom. The molecule has 0 radical (unpaired) electrons. The standard InChI is InChI=1S/2C7H3Cl2NO4/c2*8-2-1-10-5(7(13)14)3(4(2)9)6(11)12/h2*1H,(H,11,12)(H,13,14). The number of pyridine rings is 2. The van der Waals surface area contributed by atoms with E-state index in [1.807, 2.05) is 0 Å². The second-order valence-electron chi connectivity index (χ2n) is 4.51. The molecule has 0 bridgehead atoms. The van der Waals surface area contributed by atoms with Crippen molar-refractivity contribution < 1.29 is 39.6 Å². The van der Waals surface area contributed by atoms with Crippen molar-refractivity contribution in [3.8, 4) is 0 Å². The molecule has 10 nitrogen and oxygen atoms in total. The Balaban J connectivity index is 0.000000280. The Morgan fingerprint density at radius 3 is 1.11 bits per heavy atom. The highest BCUT2D eigenvalue weighted by Crippen LogP contribution is 2.27. The summed E-state index contributed by atoms with van der Waals surface area (Å²) in [7, 11) is 0. The first-order valence-corrected chi connectivity index (χ1v) is 8.02. The number of nitrogens with zero attached hydrogens (tertiary/aromatic N) is 2. The molecule has 14 heteroatoms. The number of hydrogen-bond donors (Lipinski definition) is 4. The minimum Gasteiger partial charge on any atom is -0.478 e. The van der Waals surface area contributed by atoms with E-state index in [4.69, 9.17) is 66.8 Å². The highest BCUT2D eigenvalue weighted by atomic mass is 35.5. The molecule has 2 heterocycles. The van der Waals surface area contributed by atoms with Crippen molar-refractivity contribution in [1.82, 2.24) is 9.97 Å². The summed E-state index contributed by atoms with van der Waals surface area (Å²) in [6, 6.07) is 0. The number of aromatic nitrogens is 2. The van der Waals surface area contributed by atoms with E-state index in [9.17, 15) is 19.2 Å². The summed E-state index contributed by atoms with van der Waals surface area (Å²) in [5.41, 5.74) is -2.47. The zero-order chi connectivity index (χ0) is 21.8. The summed E-state index contributed by atoms with van der Waals surface area (Å²) >= 11 is 22.0. The molecule has 0 aromatic carbocycles. The molecule has 28 heavy (non-hydrogen) atoms. The Kier molecular flexibility index (Phi) is 7.94. The fraction of sp³-hybridized carbons (Fsp3) is 0. The van der Waals surface area contributed by atoms with Gasteiger partial charge in [0.15, 0.2) is 11.4 Å². The molecule has 0 saturated carbocycles. The number of aromatic carboxylic acids is 4. The molecule has 0 fully saturated rings. The van der Waals surface area contributed by atoms with E-state index in [0.29, 0.717) is 0 Å². The lowest BCUT2D eigenvalue weighted by Gasteiger charge is -2.03. The van der Waals surface area contributed by atoms with Gasteiger partial charge in [-0.25, -0.2) is 29.1 Å². The zero-order valence-electron chi connectivity index (χ0n) is 13.0. The quantitative estimate of drug-likeness (QED) is 0.515. The third kappa shape index (κ3) is 5.20. The third-order valence-electron chi connectivity index (χ3n) is 2.78. The maximum atomic E-state index is 10.7. The van der Waals surface area contributed by atoms with Crippen molar-refractivity contribution in [2.45, 2.75) is 0 Å². The predicted molar refractivity (Wildman–Crippen MR) is 96.4 cm³/mol. The van der Waals surface area contributed by atoms with E-state index in [-0.39, 0.29) is 20.1 Å². The third-order valence-corrected chi connectivity index (χ3v) is 4.33. The smallest absolute Gasteiger partial charge is 0.355 e. The second-order valence-corrected chi connectivity index (χ2v) is 6.08. The number of carboxylic acid groups (broad SMARTS) is 4. The second kappa shape index (κ2) is 9.51. The molecule has 0 atom stereocenters. The van der Waals surface area contributed by atoms with Crippen LogP contribution in [0.3, 0.4) is 0 Å². The summed E-state index contributed by atoms with van der Waals surface area (Å²) < 4.78 is 0. The SMILES string of the molecule is O=C(O)c1ncc(Cl)c(Cl)c1C(=O)O.O=C(O)c1ncc(Cl)c(Cl)c1C(=O)O. The lowest BCUT2D eigenvalue weighted by molar-refractivity contribution is 0.0646. The Labute approximate surface area is 174 Å². The van der Waals surface area contributed by atoms with Crippen LogP contribution >= 0.6 is 46.4 Å². The average Bonchev–Trinajstić information content (AvgIpc) is 2.58. The molecule has 2 aromatic heterocycles. The van der Waals surface area contributed by atoms with Gasteiger partial charge in [-0.3, -0.25) is 0 Å². The Hall–Kier alpha value is -2.66. The van der Waals surface area contributed by atoms with Gasteiger partial charge in [-0.1, -0.05) is 46.4 Å². The monoisotopic (exact) mass is 470 g/mol. The number of hydrogen-bond acceptors (Lipinski definition) is 6. The minimum atomic E-state index is -1.48. The fourth-order valence-electron chi connectivity index (χ4n) is 1.65. The van der Waals surface area contributed by atoms with E-state index in [1.165, 1.54) is 0 Å². The average molecular weight is 472 g/mol.